The predicted octanol–water partition coefficient (Wildman–Crippen LogP) is 2.81. The van der Waals surface area contributed by atoms with Gasteiger partial charge in [0.2, 0.25) is 10.0 Å². The molecule has 0 N–H and O–H groups in total. The quantitative estimate of drug-likeness (QED) is 0.820. The van der Waals surface area contributed by atoms with Crippen LogP contribution in [0.2, 0.25) is 0 Å². The summed E-state index contributed by atoms with van der Waals surface area (Å²) in [5.41, 5.74) is 0.207. The molecule has 2 aromatic rings. The van der Waals surface area contributed by atoms with Gasteiger partial charge in [0.15, 0.2) is 5.82 Å². The molecule has 0 saturated carbocycles. The van der Waals surface area contributed by atoms with Gasteiger partial charge >= 0.3 is 0 Å². The predicted molar refractivity (Wildman–Crippen MR) is 95.3 cm³/mol. The Hall–Kier alpha value is -1.80. The van der Waals surface area contributed by atoms with E-state index in [-0.39, 0.29) is 17.4 Å². The first-order chi connectivity index (χ1) is 12.6. The number of halogens is 1. The molecule has 0 aliphatic carbocycles. The fraction of sp³-hybridized carbons (Fsp3) is 0.556. The molecule has 3 heterocycles. The highest BCUT2D eigenvalue weighted by atomic mass is 32.2. The molecule has 0 spiro atoms. The van der Waals surface area contributed by atoms with Gasteiger partial charge < -0.3 is 4.57 Å². The molecule has 140 valence electrons. The second-order valence-electron chi connectivity index (χ2n) is 7.05. The first-order valence-electron chi connectivity index (χ1n) is 9.21. The summed E-state index contributed by atoms with van der Waals surface area (Å²) in [4.78, 5) is 0. The zero-order valence-electron chi connectivity index (χ0n) is 14.6. The van der Waals surface area contributed by atoms with Crippen LogP contribution in [0.3, 0.4) is 0 Å². The molecule has 8 heteroatoms. The molecule has 0 amide bonds. The number of nitrogens with zero attached hydrogens (tertiary/aromatic N) is 4. The average Bonchev–Trinajstić information content (AvgIpc) is 3.18. The van der Waals surface area contributed by atoms with Crippen molar-refractivity contribution < 1.29 is 12.8 Å². The van der Waals surface area contributed by atoms with Crippen molar-refractivity contribution in [2.75, 3.05) is 6.54 Å². The van der Waals surface area contributed by atoms with Crippen LogP contribution in [0.15, 0.2) is 24.3 Å². The second kappa shape index (κ2) is 7.08. The Labute approximate surface area is 153 Å². The van der Waals surface area contributed by atoms with E-state index in [0.717, 1.165) is 56.7 Å². The van der Waals surface area contributed by atoms with E-state index in [1.807, 2.05) is 0 Å². The van der Waals surface area contributed by atoms with Crippen molar-refractivity contribution in [3.8, 4) is 0 Å². The summed E-state index contributed by atoms with van der Waals surface area (Å²) < 4.78 is 43.5. The number of hydrogen-bond acceptors (Lipinski definition) is 4. The summed E-state index contributed by atoms with van der Waals surface area (Å²) >= 11 is 0. The summed E-state index contributed by atoms with van der Waals surface area (Å²) in [7, 11) is -3.63. The third-order valence-electron chi connectivity index (χ3n) is 5.29. The van der Waals surface area contributed by atoms with E-state index in [9.17, 15) is 12.8 Å². The van der Waals surface area contributed by atoms with E-state index in [1.165, 1.54) is 16.4 Å². The highest BCUT2D eigenvalue weighted by molar-refractivity contribution is 7.88. The van der Waals surface area contributed by atoms with Crippen molar-refractivity contribution in [1.82, 2.24) is 19.1 Å². The van der Waals surface area contributed by atoms with E-state index in [2.05, 4.69) is 14.8 Å². The average molecular weight is 378 g/mol. The van der Waals surface area contributed by atoms with Crippen molar-refractivity contribution in [1.29, 1.82) is 0 Å². The van der Waals surface area contributed by atoms with Gasteiger partial charge in [-0.05, 0) is 31.7 Å². The fourth-order valence-electron chi connectivity index (χ4n) is 3.98. The number of sulfonamides is 1. The van der Waals surface area contributed by atoms with Gasteiger partial charge in [-0.15, -0.1) is 10.2 Å². The molecule has 0 bridgehead atoms. The van der Waals surface area contributed by atoms with Crippen LogP contribution < -0.4 is 0 Å². The molecule has 2 aliphatic rings. The molecule has 1 aromatic heterocycles. The number of hydrogen-bond donors (Lipinski definition) is 0. The lowest BCUT2D eigenvalue weighted by molar-refractivity contribution is 0.369. The molecule has 0 unspecified atom stereocenters. The van der Waals surface area contributed by atoms with Gasteiger partial charge in [0, 0.05) is 25.1 Å². The third-order valence-corrected chi connectivity index (χ3v) is 7.12. The highest BCUT2D eigenvalue weighted by Gasteiger charge is 2.38. The maximum atomic E-state index is 13.9. The Bertz CT molecular complexity index is 896. The van der Waals surface area contributed by atoms with Crippen molar-refractivity contribution in [2.24, 2.45) is 0 Å². The number of fused-ring (bicyclic) bond motifs is 1. The highest BCUT2D eigenvalue weighted by Crippen LogP contribution is 2.35. The van der Waals surface area contributed by atoms with Crippen molar-refractivity contribution in [3.05, 3.63) is 47.3 Å². The Morgan fingerprint density at radius 1 is 1.08 bits per heavy atom. The van der Waals surface area contributed by atoms with Crippen LogP contribution in [0, 0.1) is 5.82 Å². The van der Waals surface area contributed by atoms with Crippen LogP contribution in [0.25, 0.3) is 0 Å². The number of benzene rings is 1. The van der Waals surface area contributed by atoms with Crippen molar-refractivity contribution in [2.45, 2.75) is 56.9 Å². The molecule has 1 atom stereocenters. The lowest BCUT2D eigenvalue weighted by atomic mass is 10.2. The zero-order chi connectivity index (χ0) is 18.1. The molecule has 1 aromatic carbocycles. The van der Waals surface area contributed by atoms with E-state index < -0.39 is 15.8 Å². The van der Waals surface area contributed by atoms with Crippen LogP contribution >= 0.6 is 0 Å². The van der Waals surface area contributed by atoms with Crippen LogP contribution in [-0.4, -0.2) is 34.0 Å². The van der Waals surface area contributed by atoms with Crippen LogP contribution in [0.1, 0.15) is 55.4 Å². The summed E-state index contributed by atoms with van der Waals surface area (Å²) in [6.45, 7) is 1.29. The molecular weight excluding hydrogens is 355 g/mol. The van der Waals surface area contributed by atoms with Gasteiger partial charge in [0.05, 0.1) is 11.8 Å². The minimum Gasteiger partial charge on any atom is -0.314 e. The first-order valence-corrected chi connectivity index (χ1v) is 10.8. The normalized spacial score (nSPS) is 21.5. The maximum Gasteiger partial charge on any atom is 0.219 e. The van der Waals surface area contributed by atoms with Crippen molar-refractivity contribution in [3.63, 3.8) is 0 Å². The van der Waals surface area contributed by atoms with E-state index >= 15 is 0 Å². The lowest BCUT2D eigenvalue weighted by Gasteiger charge is -2.24. The Balaban J connectivity index is 1.63. The van der Waals surface area contributed by atoms with Gasteiger partial charge in [-0.25, -0.2) is 12.8 Å². The minimum absolute atomic E-state index is 0.207. The number of aromatic nitrogens is 3. The lowest BCUT2D eigenvalue weighted by Crippen LogP contribution is -2.33. The van der Waals surface area contributed by atoms with E-state index in [1.54, 1.807) is 12.1 Å². The Morgan fingerprint density at radius 3 is 2.77 bits per heavy atom. The van der Waals surface area contributed by atoms with Gasteiger partial charge in [-0.3, -0.25) is 0 Å². The molecular formula is C18H23FN4O2S. The zero-order valence-corrected chi connectivity index (χ0v) is 15.5. The van der Waals surface area contributed by atoms with Crippen molar-refractivity contribution >= 4 is 10.0 Å². The van der Waals surface area contributed by atoms with Crippen LogP contribution in [0.5, 0.6) is 0 Å². The SMILES string of the molecule is O=S(=O)(Cc1ccccc1F)N1CCC[C@@H]1c1nnc2n1CCCCC2. The number of rotatable bonds is 4. The van der Waals surface area contributed by atoms with E-state index in [4.69, 9.17) is 0 Å². The monoisotopic (exact) mass is 378 g/mol. The third kappa shape index (κ3) is 3.27. The summed E-state index contributed by atoms with van der Waals surface area (Å²) in [6, 6.07) is 5.75. The standard InChI is InChI=1S/C18H23FN4O2S/c19-15-8-4-3-7-14(15)13-26(24,25)23-12-6-9-16(23)18-21-20-17-10-2-1-5-11-22(17)18/h3-4,7-8,16H,1-2,5-6,9-13H2/t16-/m1/s1. The topological polar surface area (TPSA) is 68.1 Å². The second-order valence-corrected chi connectivity index (χ2v) is 8.97. The smallest absolute Gasteiger partial charge is 0.219 e. The molecule has 26 heavy (non-hydrogen) atoms. The molecule has 1 fully saturated rings. The molecule has 0 radical (unpaired) electrons. The molecule has 4 rings (SSSR count). The van der Waals surface area contributed by atoms with Gasteiger partial charge in [0.25, 0.3) is 0 Å². The summed E-state index contributed by atoms with van der Waals surface area (Å²) in [6.07, 6.45) is 5.72. The van der Waals surface area contributed by atoms with Gasteiger partial charge in [-0.1, -0.05) is 24.6 Å². The molecule has 2 aliphatic heterocycles. The molecule has 1 saturated heterocycles. The summed E-state index contributed by atoms with van der Waals surface area (Å²) in [5, 5.41) is 8.65. The number of aryl methyl sites for hydroxylation is 1. The fourth-order valence-corrected chi connectivity index (χ4v) is 5.77. The van der Waals surface area contributed by atoms with Gasteiger partial charge in [-0.2, -0.15) is 4.31 Å². The van der Waals surface area contributed by atoms with E-state index in [0.29, 0.717) is 6.54 Å². The minimum atomic E-state index is -3.63. The largest absolute Gasteiger partial charge is 0.314 e. The Kier molecular flexibility index (Phi) is 4.79. The van der Waals surface area contributed by atoms with Gasteiger partial charge in [0.1, 0.15) is 11.6 Å². The first kappa shape index (κ1) is 17.6. The summed E-state index contributed by atoms with van der Waals surface area (Å²) in [5.74, 6) is 0.896. The van der Waals surface area contributed by atoms with Crippen LogP contribution in [-0.2, 0) is 28.7 Å². The Morgan fingerprint density at radius 2 is 1.92 bits per heavy atom. The van der Waals surface area contributed by atoms with Crippen LogP contribution in [0.4, 0.5) is 4.39 Å². The molecule has 6 nitrogen and oxygen atoms in total. The maximum absolute atomic E-state index is 13.9.